The van der Waals surface area contributed by atoms with Gasteiger partial charge in [0, 0.05) is 42.3 Å². The molecule has 1 heterocycles. The van der Waals surface area contributed by atoms with Gasteiger partial charge in [0.2, 0.25) is 0 Å². The van der Waals surface area contributed by atoms with Crippen molar-refractivity contribution >= 4 is 70.1 Å². The lowest BCUT2D eigenvalue weighted by Crippen LogP contribution is -2.10. The molecule has 0 N–H and O–H groups in total. The van der Waals surface area contributed by atoms with Gasteiger partial charge in [-0.2, -0.15) is 0 Å². The lowest BCUT2D eigenvalue weighted by atomic mass is 10.00. The van der Waals surface area contributed by atoms with Gasteiger partial charge in [-0.25, -0.2) is 0 Å². The van der Waals surface area contributed by atoms with Crippen LogP contribution in [-0.4, -0.2) is 0 Å². The second kappa shape index (κ2) is 9.37. The highest BCUT2D eigenvalue weighted by atomic mass is 32.1. The number of nitrogens with zero attached hydrogens (tertiary/aromatic N) is 1. The lowest BCUT2D eigenvalue weighted by molar-refractivity contribution is 1.31. The van der Waals surface area contributed by atoms with Crippen molar-refractivity contribution in [3.05, 3.63) is 152 Å². The van der Waals surface area contributed by atoms with Crippen LogP contribution in [0.1, 0.15) is 0 Å². The Morgan fingerprint density at radius 1 is 0.400 bits per heavy atom. The van der Waals surface area contributed by atoms with E-state index in [1.54, 1.807) is 0 Å². The van der Waals surface area contributed by atoms with Gasteiger partial charge in [-0.05, 0) is 58.3 Å². The number of anilines is 3. The first-order valence-electron chi connectivity index (χ1n) is 13.6. The number of hydrogen-bond donors (Lipinski definition) is 0. The zero-order chi connectivity index (χ0) is 26.5. The zero-order valence-corrected chi connectivity index (χ0v) is 22.6. The Labute approximate surface area is 237 Å². The number of fused-ring (bicyclic) bond motifs is 6. The van der Waals surface area contributed by atoms with Crippen molar-refractivity contribution < 1.29 is 0 Å². The topological polar surface area (TPSA) is 3.24 Å². The zero-order valence-electron chi connectivity index (χ0n) is 21.8. The van der Waals surface area contributed by atoms with Gasteiger partial charge in [0.15, 0.2) is 0 Å². The molecule has 2 heteroatoms. The van der Waals surface area contributed by atoms with E-state index in [-0.39, 0.29) is 0 Å². The van der Waals surface area contributed by atoms with Crippen molar-refractivity contribution in [1.29, 1.82) is 0 Å². The van der Waals surface area contributed by atoms with Crippen LogP contribution >= 0.6 is 11.3 Å². The van der Waals surface area contributed by atoms with Crippen molar-refractivity contribution in [2.45, 2.75) is 0 Å². The third-order valence-electron chi connectivity index (χ3n) is 7.81. The Hall–Kier alpha value is -4.92. The number of thiophene rings is 1. The largest absolute Gasteiger partial charge is 0.310 e. The maximum Gasteiger partial charge on any atom is 0.0547 e. The van der Waals surface area contributed by atoms with Crippen molar-refractivity contribution in [1.82, 2.24) is 0 Å². The Bertz CT molecular complexity index is 2160. The Balaban J connectivity index is 1.42. The van der Waals surface area contributed by atoms with E-state index in [4.69, 9.17) is 0 Å². The molecule has 0 aliphatic carbocycles. The molecule has 1 aromatic heterocycles. The summed E-state index contributed by atoms with van der Waals surface area (Å²) in [6.45, 7) is 0. The summed E-state index contributed by atoms with van der Waals surface area (Å²) in [5.41, 5.74) is 6.00. The quantitative estimate of drug-likeness (QED) is 0.220. The third-order valence-corrected chi connectivity index (χ3v) is 9.01. The summed E-state index contributed by atoms with van der Waals surface area (Å²) >= 11 is 1.90. The molecule has 8 rings (SSSR count). The molecule has 0 aliphatic rings. The predicted molar refractivity (Wildman–Crippen MR) is 174 cm³/mol. The van der Waals surface area contributed by atoms with Crippen molar-refractivity contribution in [2.24, 2.45) is 0 Å². The molecule has 0 aliphatic heterocycles. The lowest BCUT2D eigenvalue weighted by Gasteiger charge is -2.27. The van der Waals surface area contributed by atoms with Crippen LogP contribution in [0.25, 0.3) is 52.8 Å². The summed E-state index contributed by atoms with van der Waals surface area (Å²) in [5, 5.41) is 7.63. The van der Waals surface area contributed by atoms with Crippen LogP contribution in [0.3, 0.4) is 0 Å². The monoisotopic (exact) mass is 527 g/mol. The fourth-order valence-corrected chi connectivity index (χ4v) is 7.15. The highest BCUT2D eigenvalue weighted by molar-refractivity contribution is 7.26. The van der Waals surface area contributed by atoms with Crippen LogP contribution in [-0.2, 0) is 0 Å². The molecule has 0 spiro atoms. The summed E-state index contributed by atoms with van der Waals surface area (Å²) in [4.78, 5) is 2.41. The third kappa shape index (κ3) is 3.77. The Morgan fingerprint density at radius 3 is 1.93 bits per heavy atom. The summed E-state index contributed by atoms with van der Waals surface area (Å²) in [5.74, 6) is 0. The first kappa shape index (κ1) is 23.0. The first-order chi connectivity index (χ1) is 19.8. The molecule has 7 aromatic carbocycles. The summed E-state index contributed by atoms with van der Waals surface area (Å²) < 4.78 is 2.65. The molecule has 0 amide bonds. The van der Waals surface area contributed by atoms with Crippen molar-refractivity contribution in [3.63, 3.8) is 0 Å². The standard InChI is InChI=1S/C38H25NS/c1-3-11-26(12-4-1)29-20-22-33-35-25-36(32-17-9-10-18-34(32)38(35)40-37(33)24-29)39(30-15-5-2-6-16-30)31-21-19-27-13-7-8-14-28(27)23-31/h1-25H. The first-order valence-corrected chi connectivity index (χ1v) is 14.4. The minimum Gasteiger partial charge on any atom is -0.310 e. The van der Waals surface area contributed by atoms with E-state index < -0.39 is 0 Å². The highest BCUT2D eigenvalue weighted by Gasteiger charge is 2.19. The number of para-hydroxylation sites is 1. The summed E-state index contributed by atoms with van der Waals surface area (Å²) in [7, 11) is 0. The summed E-state index contributed by atoms with van der Waals surface area (Å²) in [6.07, 6.45) is 0. The van der Waals surface area contributed by atoms with E-state index in [0.29, 0.717) is 0 Å². The van der Waals surface area contributed by atoms with Gasteiger partial charge >= 0.3 is 0 Å². The SMILES string of the molecule is c1ccc(-c2ccc3c(c2)sc2c4ccccc4c(N(c4ccccc4)c4ccc5ccccc5c4)cc32)cc1. The van der Waals surface area contributed by atoms with E-state index >= 15 is 0 Å². The molecule has 0 radical (unpaired) electrons. The van der Waals surface area contributed by atoms with Gasteiger partial charge in [-0.15, -0.1) is 11.3 Å². The molecule has 0 bridgehead atoms. The van der Waals surface area contributed by atoms with Crippen LogP contribution in [0.15, 0.2) is 152 Å². The second-order valence-electron chi connectivity index (χ2n) is 10.2. The molecule has 188 valence electrons. The maximum atomic E-state index is 2.41. The van der Waals surface area contributed by atoms with Crippen LogP contribution in [0.5, 0.6) is 0 Å². The molecular weight excluding hydrogens is 502 g/mol. The number of benzene rings is 7. The van der Waals surface area contributed by atoms with Gasteiger partial charge in [0.1, 0.15) is 0 Å². The molecule has 0 atom stereocenters. The van der Waals surface area contributed by atoms with Crippen molar-refractivity contribution in [3.8, 4) is 11.1 Å². The summed E-state index contributed by atoms with van der Waals surface area (Å²) in [6, 6.07) is 54.9. The fourth-order valence-electron chi connectivity index (χ4n) is 5.89. The molecule has 0 fully saturated rings. The fraction of sp³-hybridized carbons (Fsp3) is 0. The molecule has 0 saturated carbocycles. The molecular formula is C38H25NS. The van der Waals surface area contributed by atoms with Crippen LogP contribution in [0.4, 0.5) is 17.1 Å². The van der Waals surface area contributed by atoms with Gasteiger partial charge in [-0.1, -0.05) is 115 Å². The van der Waals surface area contributed by atoms with E-state index in [2.05, 4.69) is 157 Å². The van der Waals surface area contributed by atoms with Crippen LogP contribution in [0.2, 0.25) is 0 Å². The van der Waals surface area contributed by atoms with E-state index in [1.165, 1.54) is 58.5 Å². The molecule has 0 saturated heterocycles. The van der Waals surface area contributed by atoms with Gasteiger partial charge in [0.25, 0.3) is 0 Å². The Kier molecular flexibility index (Phi) is 5.39. The maximum absolute atomic E-state index is 2.41. The van der Waals surface area contributed by atoms with Gasteiger partial charge in [-0.3, -0.25) is 0 Å². The normalized spacial score (nSPS) is 11.5. The van der Waals surface area contributed by atoms with Crippen LogP contribution in [0, 0.1) is 0 Å². The van der Waals surface area contributed by atoms with Crippen LogP contribution < -0.4 is 4.90 Å². The predicted octanol–water partition coefficient (Wildman–Crippen LogP) is 11.5. The molecule has 1 nitrogen and oxygen atoms in total. The average Bonchev–Trinajstić information content (AvgIpc) is 3.40. The van der Waals surface area contributed by atoms with Gasteiger partial charge < -0.3 is 4.90 Å². The molecule has 8 aromatic rings. The number of rotatable bonds is 4. The van der Waals surface area contributed by atoms with Crippen molar-refractivity contribution in [2.75, 3.05) is 4.90 Å². The van der Waals surface area contributed by atoms with E-state index in [0.717, 1.165) is 11.4 Å². The Morgan fingerprint density at radius 2 is 1.10 bits per heavy atom. The van der Waals surface area contributed by atoms with Gasteiger partial charge in [0.05, 0.1) is 5.69 Å². The highest BCUT2D eigenvalue weighted by Crippen LogP contribution is 2.47. The number of hydrogen-bond acceptors (Lipinski definition) is 2. The van der Waals surface area contributed by atoms with E-state index in [9.17, 15) is 0 Å². The average molecular weight is 528 g/mol. The minimum atomic E-state index is 1.15. The molecule has 0 unspecified atom stereocenters. The second-order valence-corrected chi connectivity index (χ2v) is 11.3. The minimum absolute atomic E-state index is 1.15. The van der Waals surface area contributed by atoms with E-state index in [1.807, 2.05) is 11.3 Å². The molecule has 40 heavy (non-hydrogen) atoms. The smallest absolute Gasteiger partial charge is 0.0547 e.